The summed E-state index contributed by atoms with van der Waals surface area (Å²) in [5, 5.41) is 25.3. The third-order valence-corrected chi connectivity index (χ3v) is 1.54. The molecule has 96 valence electrons. The second-order valence-electron chi connectivity index (χ2n) is 2.85. The van der Waals surface area contributed by atoms with Crippen molar-refractivity contribution in [1.29, 1.82) is 0 Å². The summed E-state index contributed by atoms with van der Waals surface area (Å²) in [6, 6.07) is 0. The molecule has 0 aliphatic heterocycles. The Balaban J connectivity index is 4.49. The molecule has 0 fully saturated rings. The molecule has 8 nitrogen and oxygen atoms in total. The van der Waals surface area contributed by atoms with Crippen LogP contribution in [0.3, 0.4) is 0 Å². The third kappa shape index (κ3) is 9.56. The van der Waals surface area contributed by atoms with Gasteiger partial charge in [-0.25, -0.2) is 0 Å². The molecule has 1 unspecified atom stereocenters. The predicted octanol–water partition coefficient (Wildman–Crippen LogP) is -2.26. The number of thiocarbonyl (C=S) groups is 2. The SMILES string of the molecule is NC(=S)N/N=C\C(CC(O)CO)=N\NC(N)=S. The number of nitrogens with one attached hydrogen (secondary N) is 2. The first-order valence-electron chi connectivity index (χ1n) is 4.45. The van der Waals surface area contributed by atoms with E-state index in [-0.39, 0.29) is 16.6 Å². The summed E-state index contributed by atoms with van der Waals surface area (Å²) in [4.78, 5) is 0. The van der Waals surface area contributed by atoms with E-state index < -0.39 is 12.7 Å². The van der Waals surface area contributed by atoms with Crippen molar-refractivity contribution < 1.29 is 10.2 Å². The maximum Gasteiger partial charge on any atom is 0.184 e. The molecule has 0 aliphatic rings. The molecule has 0 spiro atoms. The molecule has 0 aliphatic carbocycles. The number of hydrogen-bond donors (Lipinski definition) is 6. The van der Waals surface area contributed by atoms with Crippen LogP contribution in [-0.2, 0) is 0 Å². The lowest BCUT2D eigenvalue weighted by molar-refractivity contribution is 0.101. The molecule has 0 bridgehead atoms. The number of hydrogen-bond acceptors (Lipinski definition) is 6. The molecular weight excluding hydrogens is 264 g/mol. The van der Waals surface area contributed by atoms with Gasteiger partial charge < -0.3 is 21.7 Å². The number of aliphatic hydroxyl groups is 2. The lowest BCUT2D eigenvalue weighted by Crippen LogP contribution is -2.28. The fraction of sp³-hybridized carbons (Fsp3) is 0.429. The molecule has 0 saturated carbocycles. The highest BCUT2D eigenvalue weighted by Crippen LogP contribution is 1.92. The fourth-order valence-electron chi connectivity index (χ4n) is 0.730. The Morgan fingerprint density at radius 1 is 1.29 bits per heavy atom. The summed E-state index contributed by atoms with van der Waals surface area (Å²) in [6.07, 6.45) is 0.371. The van der Waals surface area contributed by atoms with E-state index in [0.717, 1.165) is 0 Å². The van der Waals surface area contributed by atoms with E-state index in [1.165, 1.54) is 6.21 Å². The first kappa shape index (κ1) is 15.6. The molecule has 0 saturated heterocycles. The Bertz CT molecular complexity index is 332. The molecule has 8 N–H and O–H groups in total. The number of aliphatic hydroxyl groups excluding tert-OH is 2. The van der Waals surface area contributed by atoms with E-state index in [1.54, 1.807) is 0 Å². The zero-order chi connectivity index (χ0) is 13.3. The molecular formula is C7H14N6O2S2. The van der Waals surface area contributed by atoms with Gasteiger partial charge in [0.05, 0.1) is 24.6 Å². The van der Waals surface area contributed by atoms with Gasteiger partial charge in [-0.2, -0.15) is 10.2 Å². The lowest BCUT2D eigenvalue weighted by atomic mass is 10.2. The summed E-state index contributed by atoms with van der Waals surface area (Å²) in [5.41, 5.74) is 15.3. The van der Waals surface area contributed by atoms with Crippen LogP contribution in [0.1, 0.15) is 6.42 Å². The molecule has 0 aromatic carbocycles. The van der Waals surface area contributed by atoms with E-state index in [0.29, 0.717) is 5.71 Å². The molecule has 0 radical (unpaired) electrons. The number of nitrogens with two attached hydrogens (primary N) is 2. The Morgan fingerprint density at radius 2 is 1.88 bits per heavy atom. The number of rotatable bonds is 6. The van der Waals surface area contributed by atoms with Crippen LogP contribution in [0.5, 0.6) is 0 Å². The minimum atomic E-state index is -0.960. The Kier molecular flexibility index (Phi) is 8.05. The monoisotopic (exact) mass is 278 g/mol. The summed E-state index contributed by atoms with van der Waals surface area (Å²) < 4.78 is 0. The van der Waals surface area contributed by atoms with E-state index in [4.69, 9.17) is 16.6 Å². The van der Waals surface area contributed by atoms with E-state index in [2.05, 4.69) is 45.5 Å². The van der Waals surface area contributed by atoms with Gasteiger partial charge in [0.25, 0.3) is 0 Å². The zero-order valence-electron chi connectivity index (χ0n) is 8.83. The number of nitrogens with zero attached hydrogens (tertiary/aromatic N) is 2. The van der Waals surface area contributed by atoms with Crippen molar-refractivity contribution >= 4 is 46.6 Å². The average molecular weight is 278 g/mol. The van der Waals surface area contributed by atoms with Crippen LogP contribution in [0, 0.1) is 0 Å². The van der Waals surface area contributed by atoms with Crippen LogP contribution < -0.4 is 22.3 Å². The van der Waals surface area contributed by atoms with Gasteiger partial charge in [0.2, 0.25) is 0 Å². The standard InChI is InChI=1S/C7H14N6O2S2/c8-6(16)12-10-2-4(1-5(15)3-14)11-13-7(9)17/h2,5,14-15H,1,3H2,(H3,8,12,16)(H3,9,13,17)/b10-2-,11-4+. The molecule has 10 heteroatoms. The first-order chi connectivity index (χ1) is 7.95. The van der Waals surface area contributed by atoms with Gasteiger partial charge in [0, 0.05) is 6.42 Å². The predicted molar refractivity (Wildman–Crippen MR) is 73.5 cm³/mol. The van der Waals surface area contributed by atoms with Gasteiger partial charge in [-0.1, -0.05) is 0 Å². The zero-order valence-corrected chi connectivity index (χ0v) is 10.5. The Morgan fingerprint density at radius 3 is 2.35 bits per heavy atom. The minimum absolute atomic E-state index is 0.00869. The molecule has 0 aromatic rings. The van der Waals surface area contributed by atoms with Crippen LogP contribution >= 0.6 is 24.4 Å². The van der Waals surface area contributed by atoms with Crippen LogP contribution in [-0.4, -0.2) is 45.1 Å². The normalized spacial score (nSPS) is 13.4. The van der Waals surface area contributed by atoms with Crippen LogP contribution in [0.2, 0.25) is 0 Å². The largest absolute Gasteiger partial charge is 0.394 e. The summed E-state index contributed by atoms with van der Waals surface area (Å²) in [7, 11) is 0. The second-order valence-corrected chi connectivity index (χ2v) is 3.73. The van der Waals surface area contributed by atoms with Crippen molar-refractivity contribution in [3.05, 3.63) is 0 Å². The maximum absolute atomic E-state index is 9.25. The Labute approximate surface area is 109 Å². The van der Waals surface area contributed by atoms with Gasteiger partial charge in [0.15, 0.2) is 10.2 Å². The van der Waals surface area contributed by atoms with E-state index in [1.807, 2.05) is 0 Å². The molecule has 0 rings (SSSR count). The van der Waals surface area contributed by atoms with Crippen molar-refractivity contribution in [3.63, 3.8) is 0 Å². The Hall–Kier alpha value is -1.36. The van der Waals surface area contributed by atoms with Crippen LogP contribution in [0.4, 0.5) is 0 Å². The lowest BCUT2D eigenvalue weighted by Gasteiger charge is -2.06. The van der Waals surface area contributed by atoms with Gasteiger partial charge in [-0.3, -0.25) is 10.9 Å². The topological polar surface area (TPSA) is 141 Å². The minimum Gasteiger partial charge on any atom is -0.394 e. The van der Waals surface area contributed by atoms with Gasteiger partial charge in [0.1, 0.15) is 0 Å². The van der Waals surface area contributed by atoms with E-state index in [9.17, 15) is 5.11 Å². The van der Waals surface area contributed by atoms with Gasteiger partial charge >= 0.3 is 0 Å². The smallest absolute Gasteiger partial charge is 0.184 e. The summed E-state index contributed by atoms with van der Waals surface area (Å²) >= 11 is 9.09. The van der Waals surface area contributed by atoms with Gasteiger partial charge in [-0.15, -0.1) is 0 Å². The van der Waals surface area contributed by atoms with Crippen molar-refractivity contribution in [3.8, 4) is 0 Å². The maximum atomic E-state index is 9.25. The molecule has 1 atom stereocenters. The van der Waals surface area contributed by atoms with Crippen molar-refractivity contribution in [2.24, 2.45) is 21.7 Å². The van der Waals surface area contributed by atoms with Crippen molar-refractivity contribution in [2.75, 3.05) is 6.61 Å². The second kappa shape index (κ2) is 8.75. The quantitative estimate of drug-likeness (QED) is 0.182. The molecule has 0 heterocycles. The van der Waals surface area contributed by atoms with Crippen LogP contribution in [0.15, 0.2) is 10.2 Å². The van der Waals surface area contributed by atoms with Crippen LogP contribution in [0.25, 0.3) is 0 Å². The number of hydrazone groups is 2. The molecule has 0 amide bonds. The highest BCUT2D eigenvalue weighted by Gasteiger charge is 2.06. The van der Waals surface area contributed by atoms with Gasteiger partial charge in [-0.05, 0) is 24.4 Å². The highest BCUT2D eigenvalue weighted by molar-refractivity contribution is 7.80. The van der Waals surface area contributed by atoms with Crippen molar-refractivity contribution in [1.82, 2.24) is 10.9 Å². The third-order valence-electron chi connectivity index (χ3n) is 1.35. The average Bonchev–Trinajstić information content (AvgIpc) is 2.24. The van der Waals surface area contributed by atoms with Crippen molar-refractivity contribution in [2.45, 2.75) is 12.5 Å². The molecule has 0 aromatic heterocycles. The van der Waals surface area contributed by atoms with E-state index >= 15 is 0 Å². The summed E-state index contributed by atoms with van der Waals surface area (Å²) in [5.74, 6) is 0. The highest BCUT2D eigenvalue weighted by atomic mass is 32.1. The molecule has 17 heavy (non-hydrogen) atoms. The first-order valence-corrected chi connectivity index (χ1v) is 5.26. The fourth-order valence-corrected chi connectivity index (χ4v) is 0.829. The summed E-state index contributed by atoms with van der Waals surface area (Å²) in [6.45, 7) is -0.400.